The van der Waals surface area contributed by atoms with Crippen molar-refractivity contribution in [1.29, 1.82) is 0 Å². The lowest BCUT2D eigenvalue weighted by molar-refractivity contribution is 0.735. The van der Waals surface area contributed by atoms with E-state index in [0.29, 0.717) is 5.92 Å². The van der Waals surface area contributed by atoms with Crippen molar-refractivity contribution in [2.75, 3.05) is 0 Å². The highest BCUT2D eigenvalue weighted by atomic mass is 32.4. The Balaban J connectivity index is 1.09. The van der Waals surface area contributed by atoms with E-state index in [0.717, 1.165) is 28.6 Å². The topological polar surface area (TPSA) is 17.3 Å². The van der Waals surface area contributed by atoms with E-state index < -0.39 is 6.04 Å². The Morgan fingerprint density at radius 1 is 0.593 bits per heavy atom. The van der Waals surface area contributed by atoms with Gasteiger partial charge in [0.05, 0.1) is 16.6 Å². The third-order valence-electron chi connectivity index (χ3n) is 11.5. The standard InChI is InChI=1S/C50H35N2PS/c1-32-17-24-39(25-18-32)53(54,48-16-8-11-33-9-2-4-12-41(33)48)40-26-21-36-29-35(19-20-37(36)30-40)38-23-27-43-47(31-38)52-46-15-7-6-14-45(46)51-50(52)44-28-22-34-10-3-5-13-42(34)49(43)44/h2-17,19-32H,18H2,1H3. The van der Waals surface area contributed by atoms with Crippen LogP contribution in [0.15, 0.2) is 181 Å². The van der Waals surface area contributed by atoms with Gasteiger partial charge in [0.25, 0.3) is 0 Å². The molecule has 2 aromatic heterocycles. The molecule has 2 nitrogen and oxygen atoms in total. The minimum absolute atomic E-state index is 0.525. The van der Waals surface area contributed by atoms with Crippen LogP contribution in [0.4, 0.5) is 0 Å². The van der Waals surface area contributed by atoms with Gasteiger partial charge in [0.2, 0.25) is 0 Å². The molecule has 1 aliphatic rings. The third-order valence-corrected chi connectivity index (χ3v) is 16.5. The van der Waals surface area contributed by atoms with Crippen molar-refractivity contribution in [3.8, 4) is 11.1 Å². The van der Waals surface area contributed by atoms with Crippen molar-refractivity contribution in [3.63, 3.8) is 0 Å². The number of rotatable bonds is 4. The van der Waals surface area contributed by atoms with Crippen LogP contribution in [0.5, 0.6) is 0 Å². The first kappa shape index (κ1) is 31.6. The molecule has 0 saturated heterocycles. The molecule has 2 atom stereocenters. The number of benzene rings is 8. The molecule has 0 aliphatic heterocycles. The molecule has 8 aromatic carbocycles. The number of imidazole rings is 1. The summed E-state index contributed by atoms with van der Waals surface area (Å²) in [6.45, 7) is 2.28. The zero-order chi connectivity index (χ0) is 36.0. The molecule has 4 heteroatoms. The maximum absolute atomic E-state index is 6.94. The number of fused-ring (bicyclic) bond motifs is 12. The first-order valence-electron chi connectivity index (χ1n) is 18.7. The van der Waals surface area contributed by atoms with E-state index in [2.05, 4.69) is 187 Å². The summed E-state index contributed by atoms with van der Waals surface area (Å²) in [5.41, 5.74) is 6.65. The van der Waals surface area contributed by atoms with Gasteiger partial charge in [-0.3, -0.25) is 4.40 Å². The van der Waals surface area contributed by atoms with Crippen LogP contribution in [0, 0.1) is 5.92 Å². The second kappa shape index (κ2) is 12.1. The fourth-order valence-corrected chi connectivity index (χ4v) is 13.0. The molecule has 0 N–H and O–H groups in total. The van der Waals surface area contributed by atoms with Gasteiger partial charge in [0.1, 0.15) is 5.65 Å². The Hall–Kier alpha value is -5.86. The highest BCUT2D eigenvalue weighted by molar-refractivity contribution is 8.24. The van der Waals surface area contributed by atoms with Gasteiger partial charge in [0.15, 0.2) is 0 Å². The van der Waals surface area contributed by atoms with E-state index in [1.165, 1.54) is 75.5 Å². The van der Waals surface area contributed by atoms with E-state index in [1.54, 1.807) is 0 Å². The predicted molar refractivity (Wildman–Crippen MR) is 237 cm³/mol. The number of hydrogen-bond acceptors (Lipinski definition) is 2. The zero-order valence-corrected chi connectivity index (χ0v) is 31.5. The summed E-state index contributed by atoms with van der Waals surface area (Å²) in [4.78, 5) is 5.20. The zero-order valence-electron chi connectivity index (χ0n) is 29.8. The van der Waals surface area contributed by atoms with Crippen molar-refractivity contribution < 1.29 is 0 Å². The van der Waals surface area contributed by atoms with Crippen molar-refractivity contribution in [2.24, 2.45) is 5.92 Å². The SMILES string of the molecule is CC1C=CC(P(=S)(c2ccc3cc(-c4ccc5c6c7ccccc7ccc6c6nc7ccccc7n6c5c4)ccc3c2)c2cccc3ccccc23)=CC1. The van der Waals surface area contributed by atoms with Crippen LogP contribution < -0.4 is 10.6 Å². The summed E-state index contributed by atoms with van der Waals surface area (Å²) in [5, 5.41) is 14.8. The molecule has 11 rings (SSSR count). The van der Waals surface area contributed by atoms with E-state index in [-0.39, 0.29) is 0 Å². The molecular weight excluding hydrogens is 692 g/mol. The molecular formula is C50H35N2PS. The summed E-state index contributed by atoms with van der Waals surface area (Å²) in [6, 6.07) is 55.4. The Bertz CT molecular complexity index is 3310. The normalized spacial score (nSPS) is 15.9. The van der Waals surface area contributed by atoms with E-state index in [4.69, 9.17) is 16.8 Å². The summed E-state index contributed by atoms with van der Waals surface area (Å²) in [6.07, 6.45) is 8.08. The van der Waals surface area contributed by atoms with Gasteiger partial charge >= 0.3 is 0 Å². The maximum Gasteiger partial charge on any atom is 0.146 e. The summed E-state index contributed by atoms with van der Waals surface area (Å²) < 4.78 is 2.36. The average molecular weight is 727 g/mol. The Kier molecular flexibility index (Phi) is 7.08. The molecule has 0 saturated carbocycles. The molecule has 10 aromatic rings. The summed E-state index contributed by atoms with van der Waals surface area (Å²) in [7, 11) is 0. The Morgan fingerprint density at radius 2 is 1.28 bits per heavy atom. The third kappa shape index (κ3) is 4.72. The van der Waals surface area contributed by atoms with Crippen molar-refractivity contribution in [1.82, 2.24) is 9.38 Å². The average Bonchev–Trinajstić information content (AvgIpc) is 3.63. The van der Waals surface area contributed by atoms with Crippen molar-refractivity contribution >= 4 is 99.1 Å². The lowest BCUT2D eigenvalue weighted by Gasteiger charge is -2.29. The number of para-hydroxylation sites is 2. The van der Waals surface area contributed by atoms with E-state index in [1.807, 2.05) is 0 Å². The van der Waals surface area contributed by atoms with Crippen LogP contribution in [-0.4, -0.2) is 9.38 Å². The highest BCUT2D eigenvalue weighted by Gasteiger charge is 2.29. The summed E-state index contributed by atoms with van der Waals surface area (Å²) >= 11 is 6.94. The monoisotopic (exact) mass is 726 g/mol. The maximum atomic E-state index is 6.94. The largest absolute Gasteiger partial charge is 0.292 e. The molecule has 256 valence electrons. The Labute approximate surface area is 318 Å². The fourth-order valence-electron chi connectivity index (χ4n) is 8.77. The van der Waals surface area contributed by atoms with Gasteiger partial charge in [-0.1, -0.05) is 158 Å². The van der Waals surface area contributed by atoms with Gasteiger partial charge in [-0.05, 0) is 103 Å². The molecule has 0 bridgehead atoms. The van der Waals surface area contributed by atoms with Gasteiger partial charge in [-0.25, -0.2) is 4.98 Å². The van der Waals surface area contributed by atoms with Crippen LogP contribution in [0.25, 0.3) is 81.8 Å². The molecule has 54 heavy (non-hydrogen) atoms. The molecule has 2 heterocycles. The predicted octanol–water partition coefficient (Wildman–Crippen LogP) is 12.8. The first-order chi connectivity index (χ1) is 26.5. The van der Waals surface area contributed by atoms with Gasteiger partial charge in [0, 0.05) is 27.5 Å². The van der Waals surface area contributed by atoms with Gasteiger partial charge in [-0.15, -0.1) is 0 Å². The summed E-state index contributed by atoms with van der Waals surface area (Å²) in [5.74, 6) is 0.525. The lowest BCUT2D eigenvalue weighted by atomic mass is 9.96. The molecule has 0 amide bonds. The van der Waals surface area contributed by atoms with Gasteiger partial charge in [-0.2, -0.15) is 0 Å². The van der Waals surface area contributed by atoms with Crippen LogP contribution >= 0.6 is 6.04 Å². The smallest absolute Gasteiger partial charge is 0.146 e. The highest BCUT2D eigenvalue weighted by Crippen LogP contribution is 2.55. The quantitative estimate of drug-likeness (QED) is 0.133. The van der Waals surface area contributed by atoms with Gasteiger partial charge < -0.3 is 0 Å². The minimum Gasteiger partial charge on any atom is -0.292 e. The Morgan fingerprint density at radius 3 is 2.15 bits per heavy atom. The lowest BCUT2D eigenvalue weighted by Crippen LogP contribution is -2.18. The van der Waals surface area contributed by atoms with Crippen LogP contribution in [0.2, 0.25) is 0 Å². The van der Waals surface area contributed by atoms with Crippen molar-refractivity contribution in [3.05, 3.63) is 181 Å². The molecule has 0 radical (unpaired) electrons. The molecule has 0 fully saturated rings. The second-order valence-electron chi connectivity index (χ2n) is 14.8. The van der Waals surface area contributed by atoms with Crippen LogP contribution in [-0.2, 0) is 11.8 Å². The van der Waals surface area contributed by atoms with Crippen LogP contribution in [0.1, 0.15) is 13.3 Å². The second-order valence-corrected chi connectivity index (χ2v) is 19.1. The number of hydrogen-bond donors (Lipinski definition) is 0. The number of allylic oxidation sites excluding steroid dienone is 4. The number of pyridine rings is 1. The minimum atomic E-state index is -2.35. The first-order valence-corrected chi connectivity index (χ1v) is 21.5. The number of nitrogens with zero attached hydrogens (tertiary/aromatic N) is 2. The molecule has 0 spiro atoms. The molecule has 2 unspecified atom stereocenters. The van der Waals surface area contributed by atoms with Crippen LogP contribution in [0.3, 0.4) is 0 Å². The molecule has 1 aliphatic carbocycles. The number of aromatic nitrogens is 2. The fraction of sp³-hybridized carbons (Fsp3) is 0.0600. The van der Waals surface area contributed by atoms with E-state index >= 15 is 0 Å². The van der Waals surface area contributed by atoms with E-state index in [9.17, 15) is 0 Å². The van der Waals surface area contributed by atoms with Crippen molar-refractivity contribution in [2.45, 2.75) is 13.3 Å².